The maximum Gasteiger partial charge on any atom is 0.325 e. The lowest BCUT2D eigenvalue weighted by molar-refractivity contribution is -0.384. The van der Waals surface area contributed by atoms with Crippen LogP contribution in [-0.2, 0) is 20.9 Å². The third-order valence-electron chi connectivity index (χ3n) is 3.90. The maximum absolute atomic E-state index is 12.1. The minimum atomic E-state index is -0.829. The van der Waals surface area contributed by atoms with Crippen LogP contribution in [0.2, 0.25) is 10.0 Å². The number of carbonyl (C=O) groups is 3. The molecule has 30 heavy (non-hydrogen) atoms. The van der Waals surface area contributed by atoms with Crippen molar-refractivity contribution in [3.63, 3.8) is 0 Å². The molecule has 1 N–H and O–H groups in total. The molecule has 0 aromatic heterocycles. The second kappa shape index (κ2) is 10.6. The van der Waals surface area contributed by atoms with Gasteiger partial charge >= 0.3 is 5.97 Å². The van der Waals surface area contributed by atoms with Crippen molar-refractivity contribution in [3.8, 4) is 0 Å². The Kier molecular flexibility index (Phi) is 8.14. The van der Waals surface area contributed by atoms with E-state index in [4.69, 9.17) is 27.9 Å². The van der Waals surface area contributed by atoms with Crippen LogP contribution in [0.1, 0.15) is 15.9 Å². The number of nitro groups is 1. The highest BCUT2D eigenvalue weighted by Gasteiger charge is 2.15. The summed E-state index contributed by atoms with van der Waals surface area (Å²) in [4.78, 5) is 47.3. The molecular weight excluding hydrogens is 437 g/mol. The number of carbonyl (C=O) groups excluding carboxylic acids is 3. The van der Waals surface area contributed by atoms with Crippen molar-refractivity contribution in [2.75, 3.05) is 20.2 Å². The van der Waals surface area contributed by atoms with E-state index in [2.05, 4.69) is 5.32 Å². The molecule has 0 aliphatic heterocycles. The Morgan fingerprint density at radius 1 is 1.13 bits per heavy atom. The summed E-state index contributed by atoms with van der Waals surface area (Å²) in [6.07, 6.45) is 0. The molecule has 2 aromatic carbocycles. The standard InChI is InChI=1S/C19H17Cl2N3O6/c1-23(10-12-5-6-15(20)16(21)7-12)17(25)11-30-18(26)9-22-19(27)13-3-2-4-14(8-13)24(28)29/h2-8H,9-11H2,1H3,(H,22,27). The fourth-order valence-corrected chi connectivity index (χ4v) is 2.64. The van der Waals surface area contributed by atoms with Crippen LogP contribution in [0.3, 0.4) is 0 Å². The van der Waals surface area contributed by atoms with E-state index < -0.39 is 35.9 Å². The van der Waals surface area contributed by atoms with E-state index in [1.54, 1.807) is 18.2 Å². The fraction of sp³-hybridized carbons (Fsp3) is 0.211. The largest absolute Gasteiger partial charge is 0.454 e. The predicted molar refractivity (Wildman–Crippen MR) is 109 cm³/mol. The van der Waals surface area contributed by atoms with Crippen molar-refractivity contribution in [3.05, 3.63) is 73.8 Å². The Bertz CT molecular complexity index is 982. The highest BCUT2D eigenvalue weighted by atomic mass is 35.5. The molecule has 0 radical (unpaired) electrons. The summed E-state index contributed by atoms with van der Waals surface area (Å²) in [5.41, 5.74) is 0.520. The predicted octanol–water partition coefficient (Wildman–Crippen LogP) is 2.83. The normalized spacial score (nSPS) is 10.2. The van der Waals surface area contributed by atoms with E-state index in [-0.39, 0.29) is 17.8 Å². The quantitative estimate of drug-likeness (QED) is 0.372. The van der Waals surface area contributed by atoms with E-state index in [0.29, 0.717) is 10.0 Å². The summed E-state index contributed by atoms with van der Waals surface area (Å²) in [6, 6.07) is 10.0. The van der Waals surface area contributed by atoms with Crippen molar-refractivity contribution in [1.82, 2.24) is 10.2 Å². The summed E-state index contributed by atoms with van der Waals surface area (Å²) >= 11 is 11.8. The zero-order valence-corrected chi connectivity index (χ0v) is 17.3. The lowest BCUT2D eigenvalue weighted by atomic mass is 10.2. The smallest absolute Gasteiger partial charge is 0.325 e. The Hall–Kier alpha value is -3.17. The third-order valence-corrected chi connectivity index (χ3v) is 4.64. The van der Waals surface area contributed by atoms with Crippen molar-refractivity contribution in [2.24, 2.45) is 0 Å². The van der Waals surface area contributed by atoms with Crippen LogP contribution in [0.15, 0.2) is 42.5 Å². The molecule has 0 bridgehead atoms. The van der Waals surface area contributed by atoms with E-state index in [0.717, 1.165) is 11.6 Å². The number of nitrogens with one attached hydrogen (secondary N) is 1. The zero-order valence-electron chi connectivity index (χ0n) is 15.8. The first-order valence-electron chi connectivity index (χ1n) is 8.53. The SMILES string of the molecule is CN(Cc1ccc(Cl)c(Cl)c1)C(=O)COC(=O)CNC(=O)c1cccc([N+](=O)[O-])c1. The number of ether oxygens (including phenoxy) is 1. The summed E-state index contributed by atoms with van der Waals surface area (Å²) in [5, 5.41) is 13.8. The van der Waals surface area contributed by atoms with Crippen molar-refractivity contribution in [2.45, 2.75) is 6.54 Å². The second-order valence-corrected chi connectivity index (χ2v) is 6.96. The van der Waals surface area contributed by atoms with E-state index in [1.165, 1.54) is 30.1 Å². The molecule has 0 atom stereocenters. The number of likely N-dealkylation sites (N-methyl/N-ethyl adjacent to an activating group) is 1. The summed E-state index contributed by atoms with van der Waals surface area (Å²) < 4.78 is 4.85. The average Bonchev–Trinajstić information content (AvgIpc) is 2.72. The molecule has 0 saturated heterocycles. The first-order chi connectivity index (χ1) is 14.2. The Balaban J connectivity index is 1.78. The maximum atomic E-state index is 12.1. The first-order valence-corrected chi connectivity index (χ1v) is 9.29. The molecular formula is C19H17Cl2N3O6. The molecule has 11 heteroatoms. The topological polar surface area (TPSA) is 119 Å². The van der Waals surface area contributed by atoms with E-state index in [1.807, 2.05) is 0 Å². The minimum Gasteiger partial charge on any atom is -0.454 e. The minimum absolute atomic E-state index is 0.0226. The number of halogens is 2. The highest BCUT2D eigenvalue weighted by molar-refractivity contribution is 6.42. The number of hydrogen-bond acceptors (Lipinski definition) is 6. The summed E-state index contributed by atoms with van der Waals surface area (Å²) in [5.74, 6) is -1.97. The van der Waals surface area contributed by atoms with Gasteiger partial charge in [0, 0.05) is 31.3 Å². The van der Waals surface area contributed by atoms with Crippen LogP contribution in [-0.4, -0.2) is 47.8 Å². The van der Waals surface area contributed by atoms with Crippen molar-refractivity contribution >= 4 is 46.7 Å². The Morgan fingerprint density at radius 2 is 1.87 bits per heavy atom. The number of rotatable bonds is 8. The van der Waals surface area contributed by atoms with Gasteiger partial charge in [-0.1, -0.05) is 35.3 Å². The van der Waals surface area contributed by atoms with Gasteiger partial charge in [-0.3, -0.25) is 24.5 Å². The molecule has 158 valence electrons. The summed E-state index contributed by atoms with van der Waals surface area (Å²) in [6.45, 7) is -0.772. The highest BCUT2D eigenvalue weighted by Crippen LogP contribution is 2.23. The number of nitro benzene ring substituents is 1. The monoisotopic (exact) mass is 453 g/mol. The molecule has 0 spiro atoms. The van der Waals surface area contributed by atoms with Crippen molar-refractivity contribution < 1.29 is 24.0 Å². The summed E-state index contributed by atoms with van der Waals surface area (Å²) in [7, 11) is 1.53. The van der Waals surface area contributed by atoms with Crippen LogP contribution >= 0.6 is 23.2 Å². The molecule has 0 aliphatic rings. The molecule has 9 nitrogen and oxygen atoms in total. The van der Waals surface area contributed by atoms with Gasteiger partial charge in [-0.25, -0.2) is 0 Å². The van der Waals surface area contributed by atoms with Gasteiger partial charge in [0.05, 0.1) is 15.0 Å². The van der Waals surface area contributed by atoms with Crippen molar-refractivity contribution in [1.29, 1.82) is 0 Å². The number of benzene rings is 2. The molecule has 2 rings (SSSR count). The first kappa shape index (κ1) is 23.1. The second-order valence-electron chi connectivity index (χ2n) is 6.15. The van der Waals surface area contributed by atoms with Gasteiger partial charge in [0.25, 0.3) is 17.5 Å². The lowest BCUT2D eigenvalue weighted by Gasteiger charge is -2.17. The molecule has 2 amide bonds. The van der Waals surface area contributed by atoms with Gasteiger partial charge in [-0.05, 0) is 23.8 Å². The van der Waals surface area contributed by atoms with Gasteiger partial charge in [-0.15, -0.1) is 0 Å². The van der Waals surface area contributed by atoms with Gasteiger partial charge in [0.2, 0.25) is 0 Å². The molecule has 0 unspecified atom stereocenters. The fourth-order valence-electron chi connectivity index (χ4n) is 2.32. The molecule has 0 saturated carbocycles. The third kappa shape index (κ3) is 6.71. The molecule has 0 heterocycles. The average molecular weight is 454 g/mol. The van der Waals surface area contributed by atoms with Gasteiger partial charge < -0.3 is 15.0 Å². The number of esters is 1. The van der Waals surface area contributed by atoms with Crippen LogP contribution in [0.5, 0.6) is 0 Å². The van der Waals surface area contributed by atoms with Crippen LogP contribution in [0.25, 0.3) is 0 Å². The number of nitrogens with zero attached hydrogens (tertiary/aromatic N) is 2. The number of hydrogen-bond donors (Lipinski definition) is 1. The molecule has 2 aromatic rings. The van der Waals surface area contributed by atoms with Crippen LogP contribution in [0, 0.1) is 10.1 Å². The van der Waals surface area contributed by atoms with Crippen LogP contribution in [0.4, 0.5) is 5.69 Å². The lowest BCUT2D eigenvalue weighted by Crippen LogP contribution is -2.34. The van der Waals surface area contributed by atoms with E-state index >= 15 is 0 Å². The Morgan fingerprint density at radius 3 is 2.53 bits per heavy atom. The van der Waals surface area contributed by atoms with Crippen LogP contribution < -0.4 is 5.32 Å². The van der Waals surface area contributed by atoms with E-state index in [9.17, 15) is 24.5 Å². The molecule has 0 fully saturated rings. The number of non-ortho nitro benzene ring substituents is 1. The van der Waals surface area contributed by atoms with Gasteiger partial charge in [0.1, 0.15) is 6.54 Å². The number of amides is 2. The van der Waals surface area contributed by atoms with Gasteiger partial charge in [-0.2, -0.15) is 0 Å². The Labute approximate surface area is 181 Å². The molecule has 0 aliphatic carbocycles. The zero-order chi connectivity index (χ0) is 22.3. The van der Waals surface area contributed by atoms with Gasteiger partial charge in [0.15, 0.2) is 6.61 Å².